The molecule has 30 heavy (non-hydrogen) atoms. The largest absolute Gasteiger partial charge is 0.484 e. The summed E-state index contributed by atoms with van der Waals surface area (Å²) in [4.78, 5) is 14.4. The molecule has 0 saturated heterocycles. The van der Waals surface area contributed by atoms with Crippen molar-refractivity contribution in [3.63, 3.8) is 0 Å². The van der Waals surface area contributed by atoms with Crippen LogP contribution in [0.5, 0.6) is 5.75 Å². The van der Waals surface area contributed by atoms with Gasteiger partial charge in [-0.2, -0.15) is 5.26 Å². The first-order chi connectivity index (χ1) is 14.6. The van der Waals surface area contributed by atoms with Crippen molar-refractivity contribution in [2.24, 2.45) is 0 Å². The fourth-order valence-corrected chi connectivity index (χ4v) is 3.33. The molecule has 1 saturated carbocycles. The monoisotopic (exact) mass is 400 g/mol. The smallest absolute Gasteiger partial charge is 0.261 e. The van der Waals surface area contributed by atoms with Crippen LogP contribution in [0.15, 0.2) is 72.8 Å². The molecule has 0 radical (unpaired) electrons. The second-order valence-corrected chi connectivity index (χ2v) is 7.35. The van der Waals surface area contributed by atoms with E-state index in [2.05, 4.69) is 6.07 Å². The number of benzene rings is 3. The Kier molecular flexibility index (Phi) is 5.76. The first kappa shape index (κ1) is 19.7. The summed E-state index contributed by atoms with van der Waals surface area (Å²) >= 11 is 0. The zero-order chi connectivity index (χ0) is 20.9. The average Bonchev–Trinajstić information content (AvgIpc) is 3.62. The fourth-order valence-electron chi connectivity index (χ4n) is 3.33. The van der Waals surface area contributed by atoms with E-state index >= 15 is 0 Å². The van der Waals surface area contributed by atoms with E-state index in [9.17, 15) is 9.18 Å². The molecule has 150 valence electrons. The lowest BCUT2D eigenvalue weighted by Crippen LogP contribution is -2.36. The number of carbonyl (C=O) groups excluding carboxylic acids is 1. The highest BCUT2D eigenvalue weighted by atomic mass is 19.1. The standard InChI is InChI=1S/C25H21FN2O2/c26-24-4-2-1-3-21(24)16-28(22-11-12-22)25(29)17-30-23-13-9-20(10-14-23)19-7-5-18(15-27)6-8-19/h1-10,13-14,22H,11-12,16-17H2. The van der Waals surface area contributed by atoms with Crippen molar-refractivity contribution in [1.82, 2.24) is 4.90 Å². The molecule has 0 aromatic heterocycles. The van der Waals surface area contributed by atoms with Gasteiger partial charge in [0.1, 0.15) is 11.6 Å². The van der Waals surface area contributed by atoms with Crippen molar-refractivity contribution in [3.8, 4) is 22.9 Å². The fraction of sp³-hybridized carbons (Fsp3) is 0.200. The Bertz CT molecular complexity index is 1070. The molecular weight excluding hydrogens is 379 g/mol. The molecule has 0 spiro atoms. The highest BCUT2D eigenvalue weighted by molar-refractivity contribution is 5.78. The molecule has 3 aromatic rings. The van der Waals surface area contributed by atoms with Crippen LogP contribution in [0.2, 0.25) is 0 Å². The molecule has 1 aliphatic carbocycles. The number of rotatable bonds is 7. The lowest BCUT2D eigenvalue weighted by atomic mass is 10.0. The van der Waals surface area contributed by atoms with E-state index < -0.39 is 0 Å². The first-order valence-electron chi connectivity index (χ1n) is 9.90. The average molecular weight is 400 g/mol. The third kappa shape index (κ3) is 4.66. The molecule has 1 aliphatic rings. The molecule has 0 aliphatic heterocycles. The first-order valence-corrected chi connectivity index (χ1v) is 9.90. The normalized spacial score (nSPS) is 12.8. The summed E-state index contributed by atoms with van der Waals surface area (Å²) in [7, 11) is 0. The second-order valence-electron chi connectivity index (χ2n) is 7.35. The number of hydrogen-bond acceptors (Lipinski definition) is 3. The summed E-state index contributed by atoms with van der Waals surface area (Å²) < 4.78 is 19.7. The minimum atomic E-state index is -0.296. The number of amides is 1. The molecule has 5 heteroatoms. The van der Waals surface area contributed by atoms with Crippen LogP contribution in [0, 0.1) is 17.1 Å². The van der Waals surface area contributed by atoms with Crippen LogP contribution >= 0.6 is 0 Å². The topological polar surface area (TPSA) is 53.3 Å². The Hall–Kier alpha value is -3.65. The highest BCUT2D eigenvalue weighted by Crippen LogP contribution is 2.29. The number of nitrogens with zero attached hydrogens (tertiary/aromatic N) is 2. The van der Waals surface area contributed by atoms with Crippen molar-refractivity contribution in [2.45, 2.75) is 25.4 Å². The number of ether oxygens (including phenoxy) is 1. The summed E-state index contributed by atoms with van der Waals surface area (Å²) in [6.07, 6.45) is 1.89. The molecule has 0 atom stereocenters. The van der Waals surface area contributed by atoms with Crippen molar-refractivity contribution in [1.29, 1.82) is 5.26 Å². The summed E-state index contributed by atoms with van der Waals surface area (Å²) in [5.41, 5.74) is 3.14. The van der Waals surface area contributed by atoms with E-state index in [-0.39, 0.29) is 30.9 Å². The van der Waals surface area contributed by atoms with Gasteiger partial charge in [0.25, 0.3) is 5.91 Å². The predicted molar refractivity (Wildman–Crippen MR) is 112 cm³/mol. The maximum absolute atomic E-state index is 14.0. The van der Waals surface area contributed by atoms with Crippen molar-refractivity contribution in [3.05, 3.63) is 89.7 Å². The number of halogens is 1. The van der Waals surface area contributed by atoms with E-state index in [1.807, 2.05) is 36.4 Å². The molecule has 0 bridgehead atoms. The van der Waals surface area contributed by atoms with Crippen LogP contribution in [0.3, 0.4) is 0 Å². The number of nitriles is 1. The predicted octanol–water partition coefficient (Wildman–Crippen LogP) is 4.93. The van der Waals surface area contributed by atoms with Crippen LogP contribution in [-0.4, -0.2) is 23.5 Å². The van der Waals surface area contributed by atoms with Gasteiger partial charge >= 0.3 is 0 Å². The van der Waals surface area contributed by atoms with E-state index in [0.29, 0.717) is 16.9 Å². The van der Waals surface area contributed by atoms with Crippen LogP contribution in [0.1, 0.15) is 24.0 Å². The van der Waals surface area contributed by atoms with Crippen molar-refractivity contribution >= 4 is 5.91 Å². The summed E-state index contributed by atoms with van der Waals surface area (Å²) in [5, 5.41) is 8.90. The van der Waals surface area contributed by atoms with Gasteiger partial charge in [-0.05, 0) is 54.3 Å². The SMILES string of the molecule is N#Cc1ccc(-c2ccc(OCC(=O)N(Cc3ccccc3F)C3CC3)cc2)cc1. The maximum atomic E-state index is 14.0. The zero-order valence-electron chi connectivity index (χ0n) is 16.4. The molecule has 0 N–H and O–H groups in total. The van der Waals surface area contributed by atoms with Crippen LogP contribution in [0.4, 0.5) is 4.39 Å². The van der Waals surface area contributed by atoms with Crippen molar-refractivity contribution < 1.29 is 13.9 Å². The molecule has 1 fully saturated rings. The van der Waals surface area contributed by atoms with Gasteiger partial charge < -0.3 is 9.64 Å². The molecule has 4 rings (SSSR count). The lowest BCUT2D eigenvalue weighted by Gasteiger charge is -2.23. The molecule has 4 nitrogen and oxygen atoms in total. The van der Waals surface area contributed by atoms with Gasteiger partial charge in [-0.1, -0.05) is 42.5 Å². The highest BCUT2D eigenvalue weighted by Gasteiger charge is 2.33. The minimum absolute atomic E-state index is 0.0822. The Morgan fingerprint density at radius 3 is 2.23 bits per heavy atom. The Balaban J connectivity index is 1.37. The summed E-state index contributed by atoms with van der Waals surface area (Å²) in [5.74, 6) is 0.162. The summed E-state index contributed by atoms with van der Waals surface area (Å²) in [6, 6.07) is 23.6. The Morgan fingerprint density at radius 2 is 1.63 bits per heavy atom. The molecule has 0 heterocycles. The molecular formula is C25H21FN2O2. The zero-order valence-corrected chi connectivity index (χ0v) is 16.4. The third-order valence-corrected chi connectivity index (χ3v) is 5.17. The number of hydrogen-bond donors (Lipinski definition) is 0. The van der Waals surface area contributed by atoms with Crippen molar-refractivity contribution in [2.75, 3.05) is 6.61 Å². The Labute approximate surface area is 175 Å². The van der Waals surface area contributed by atoms with E-state index in [1.54, 1.807) is 35.2 Å². The van der Waals surface area contributed by atoms with E-state index in [0.717, 1.165) is 24.0 Å². The number of carbonyl (C=O) groups is 1. The van der Waals surface area contributed by atoms with Crippen LogP contribution in [0.25, 0.3) is 11.1 Å². The molecule has 1 amide bonds. The second kappa shape index (κ2) is 8.79. The minimum Gasteiger partial charge on any atom is -0.484 e. The van der Waals surface area contributed by atoms with Gasteiger partial charge in [0.2, 0.25) is 0 Å². The maximum Gasteiger partial charge on any atom is 0.261 e. The molecule has 3 aromatic carbocycles. The van der Waals surface area contributed by atoms with Gasteiger partial charge in [0.15, 0.2) is 6.61 Å². The van der Waals surface area contributed by atoms with Crippen LogP contribution in [-0.2, 0) is 11.3 Å². The van der Waals surface area contributed by atoms with Gasteiger partial charge in [-0.15, -0.1) is 0 Å². The van der Waals surface area contributed by atoms with Gasteiger partial charge in [-0.3, -0.25) is 4.79 Å². The van der Waals surface area contributed by atoms with E-state index in [4.69, 9.17) is 10.00 Å². The lowest BCUT2D eigenvalue weighted by molar-refractivity contribution is -0.134. The van der Waals surface area contributed by atoms with Crippen LogP contribution < -0.4 is 4.74 Å². The summed E-state index contributed by atoms with van der Waals surface area (Å²) in [6.45, 7) is 0.179. The Morgan fingerprint density at radius 1 is 1.00 bits per heavy atom. The van der Waals surface area contributed by atoms with E-state index in [1.165, 1.54) is 6.07 Å². The quantitative estimate of drug-likeness (QED) is 0.565. The third-order valence-electron chi connectivity index (χ3n) is 5.17. The van der Waals surface area contributed by atoms with Gasteiger partial charge in [-0.25, -0.2) is 4.39 Å². The van der Waals surface area contributed by atoms with Gasteiger partial charge in [0.05, 0.1) is 11.6 Å². The molecule has 0 unspecified atom stereocenters. The van der Waals surface area contributed by atoms with Gasteiger partial charge in [0, 0.05) is 18.2 Å².